The molecule has 0 aliphatic rings. The minimum Gasteiger partial charge on any atom is -0.444 e. The Hall–Kier alpha value is -0.770. The van der Waals surface area contributed by atoms with E-state index in [1.807, 2.05) is 27.7 Å². The van der Waals surface area contributed by atoms with Gasteiger partial charge in [0, 0.05) is 12.1 Å². The Morgan fingerprint density at radius 3 is 2.43 bits per heavy atom. The van der Waals surface area contributed by atoms with Gasteiger partial charge in [0.1, 0.15) is 6.10 Å². The van der Waals surface area contributed by atoms with Gasteiger partial charge in [-0.3, -0.25) is 0 Å². The highest BCUT2D eigenvalue weighted by atomic mass is 16.6. The molecule has 0 heterocycles. The number of alkyl carbamates (subject to hydrolysis) is 1. The highest BCUT2D eigenvalue weighted by Gasteiger charge is 2.16. The number of hydrogen-bond donors (Lipinski definition) is 1. The van der Waals surface area contributed by atoms with Gasteiger partial charge >= 0.3 is 6.09 Å². The lowest BCUT2D eigenvalue weighted by Gasteiger charge is -2.21. The molecule has 0 saturated heterocycles. The van der Waals surface area contributed by atoms with Crippen molar-refractivity contribution in [1.29, 1.82) is 0 Å². The fourth-order valence-corrected chi connectivity index (χ4v) is 0.836. The monoisotopic (exact) mass is 203 g/mol. The van der Waals surface area contributed by atoms with E-state index >= 15 is 0 Å². The van der Waals surface area contributed by atoms with Crippen molar-refractivity contribution in [3.05, 3.63) is 0 Å². The molecule has 0 aromatic rings. The number of rotatable bonds is 4. The second kappa shape index (κ2) is 5.86. The maximum absolute atomic E-state index is 11.2. The van der Waals surface area contributed by atoms with Crippen LogP contribution in [-0.4, -0.2) is 30.9 Å². The molecule has 0 saturated carbocycles. The van der Waals surface area contributed by atoms with Crippen LogP contribution in [0.1, 0.15) is 34.6 Å². The molecule has 0 bridgehead atoms. The summed E-state index contributed by atoms with van der Waals surface area (Å²) in [6, 6.07) is 0. The van der Waals surface area contributed by atoms with E-state index in [0.29, 0.717) is 13.2 Å². The smallest absolute Gasteiger partial charge is 0.407 e. The third-order valence-corrected chi connectivity index (χ3v) is 1.34. The molecule has 0 spiro atoms. The molecule has 14 heavy (non-hydrogen) atoms. The minimum atomic E-state index is -0.398. The van der Waals surface area contributed by atoms with Crippen LogP contribution in [0.15, 0.2) is 0 Å². The average Bonchev–Trinajstić information content (AvgIpc) is 1.96. The molecule has 0 unspecified atom stereocenters. The number of carbonyl (C=O) groups excluding carboxylic acids is 1. The fraction of sp³-hybridized carbons (Fsp3) is 0.900. The number of hydrogen-bond acceptors (Lipinski definition) is 3. The van der Waals surface area contributed by atoms with Crippen LogP contribution in [0.5, 0.6) is 0 Å². The minimum absolute atomic E-state index is 0.211. The van der Waals surface area contributed by atoms with Gasteiger partial charge in [0.25, 0.3) is 0 Å². The van der Waals surface area contributed by atoms with Crippen molar-refractivity contribution in [3.63, 3.8) is 0 Å². The second-order valence-electron chi connectivity index (χ2n) is 4.25. The summed E-state index contributed by atoms with van der Waals surface area (Å²) < 4.78 is 10.2. The van der Waals surface area contributed by atoms with Gasteiger partial charge in [-0.1, -0.05) is 0 Å². The first-order valence-corrected chi connectivity index (χ1v) is 4.91. The van der Waals surface area contributed by atoms with Gasteiger partial charge in [0.2, 0.25) is 0 Å². The standard InChI is InChI=1S/C10H21NO3/c1-6-13-7-8(2)14-9(12)11-10(3,4)5/h8H,6-7H2,1-5H3,(H,11,12)/t8-/m0/s1. The van der Waals surface area contributed by atoms with Crippen LogP contribution in [0.2, 0.25) is 0 Å². The van der Waals surface area contributed by atoms with E-state index in [2.05, 4.69) is 5.32 Å². The highest BCUT2D eigenvalue weighted by Crippen LogP contribution is 2.01. The first-order chi connectivity index (χ1) is 6.35. The van der Waals surface area contributed by atoms with Crippen LogP contribution in [-0.2, 0) is 9.47 Å². The number of ether oxygens (including phenoxy) is 2. The second-order valence-corrected chi connectivity index (χ2v) is 4.25. The highest BCUT2D eigenvalue weighted by molar-refractivity contribution is 5.68. The normalized spacial score (nSPS) is 13.5. The van der Waals surface area contributed by atoms with Gasteiger partial charge in [0.15, 0.2) is 0 Å². The first kappa shape index (κ1) is 13.2. The quantitative estimate of drug-likeness (QED) is 0.759. The van der Waals surface area contributed by atoms with E-state index in [9.17, 15) is 4.79 Å². The summed E-state index contributed by atoms with van der Waals surface area (Å²) >= 11 is 0. The van der Waals surface area contributed by atoms with Gasteiger partial charge in [-0.2, -0.15) is 0 Å². The predicted molar refractivity (Wildman–Crippen MR) is 55.3 cm³/mol. The van der Waals surface area contributed by atoms with Crippen molar-refractivity contribution in [2.24, 2.45) is 0 Å². The molecular weight excluding hydrogens is 182 g/mol. The summed E-state index contributed by atoms with van der Waals surface area (Å²) in [6.07, 6.45) is -0.609. The molecule has 84 valence electrons. The van der Waals surface area contributed by atoms with Crippen LogP contribution >= 0.6 is 0 Å². The number of amides is 1. The molecule has 0 aromatic heterocycles. The number of carbonyl (C=O) groups is 1. The van der Waals surface area contributed by atoms with Gasteiger partial charge in [-0.25, -0.2) is 4.79 Å². The van der Waals surface area contributed by atoms with E-state index < -0.39 is 6.09 Å². The molecule has 0 aliphatic carbocycles. The molecule has 1 amide bonds. The molecule has 4 heteroatoms. The lowest BCUT2D eigenvalue weighted by atomic mass is 10.1. The topological polar surface area (TPSA) is 47.6 Å². The Morgan fingerprint density at radius 1 is 1.43 bits per heavy atom. The fourth-order valence-electron chi connectivity index (χ4n) is 0.836. The summed E-state index contributed by atoms with van der Waals surface area (Å²) in [7, 11) is 0. The van der Waals surface area contributed by atoms with Crippen LogP contribution in [0, 0.1) is 0 Å². The van der Waals surface area contributed by atoms with E-state index in [-0.39, 0.29) is 11.6 Å². The molecule has 0 rings (SSSR count). The van der Waals surface area contributed by atoms with Crippen LogP contribution in [0.3, 0.4) is 0 Å². The Morgan fingerprint density at radius 2 is 2.00 bits per heavy atom. The van der Waals surface area contributed by atoms with Crippen molar-refractivity contribution < 1.29 is 14.3 Å². The van der Waals surface area contributed by atoms with Crippen molar-refractivity contribution in [3.8, 4) is 0 Å². The van der Waals surface area contributed by atoms with E-state index in [0.717, 1.165) is 0 Å². The molecular formula is C10H21NO3. The summed E-state index contributed by atoms with van der Waals surface area (Å²) in [6.45, 7) is 10.5. The van der Waals surface area contributed by atoms with E-state index in [1.54, 1.807) is 6.92 Å². The van der Waals surface area contributed by atoms with Gasteiger partial charge < -0.3 is 14.8 Å². The lowest BCUT2D eigenvalue weighted by Crippen LogP contribution is -2.42. The summed E-state index contributed by atoms with van der Waals surface area (Å²) in [5, 5.41) is 2.71. The predicted octanol–water partition coefficient (Wildman–Crippen LogP) is 1.94. The van der Waals surface area contributed by atoms with E-state index in [4.69, 9.17) is 9.47 Å². The van der Waals surface area contributed by atoms with Gasteiger partial charge in [-0.05, 0) is 34.6 Å². The zero-order valence-electron chi connectivity index (χ0n) is 9.72. The zero-order chi connectivity index (χ0) is 11.2. The third kappa shape index (κ3) is 7.86. The van der Waals surface area contributed by atoms with Crippen molar-refractivity contribution in [2.75, 3.05) is 13.2 Å². The van der Waals surface area contributed by atoms with Crippen molar-refractivity contribution >= 4 is 6.09 Å². The van der Waals surface area contributed by atoms with Crippen LogP contribution in [0.4, 0.5) is 4.79 Å². The zero-order valence-corrected chi connectivity index (χ0v) is 9.72. The Bertz CT molecular complexity index is 175. The maximum atomic E-state index is 11.2. The maximum Gasteiger partial charge on any atom is 0.407 e. The Kier molecular flexibility index (Phi) is 5.53. The summed E-state index contributed by atoms with van der Waals surface area (Å²) in [4.78, 5) is 11.2. The first-order valence-electron chi connectivity index (χ1n) is 4.91. The Labute approximate surface area is 86.0 Å². The largest absolute Gasteiger partial charge is 0.444 e. The van der Waals surface area contributed by atoms with E-state index in [1.165, 1.54) is 0 Å². The molecule has 1 atom stereocenters. The summed E-state index contributed by atoms with van der Waals surface area (Å²) in [5.74, 6) is 0. The van der Waals surface area contributed by atoms with Gasteiger partial charge in [0.05, 0.1) is 6.61 Å². The lowest BCUT2D eigenvalue weighted by molar-refractivity contribution is 0.0305. The molecule has 0 aromatic carbocycles. The van der Waals surface area contributed by atoms with Crippen LogP contribution in [0.25, 0.3) is 0 Å². The van der Waals surface area contributed by atoms with Gasteiger partial charge in [-0.15, -0.1) is 0 Å². The molecule has 0 aliphatic heterocycles. The van der Waals surface area contributed by atoms with Crippen molar-refractivity contribution in [2.45, 2.75) is 46.3 Å². The van der Waals surface area contributed by atoms with Crippen molar-refractivity contribution in [1.82, 2.24) is 5.32 Å². The molecule has 1 N–H and O–H groups in total. The Balaban J connectivity index is 3.71. The average molecular weight is 203 g/mol. The summed E-state index contributed by atoms with van der Waals surface area (Å²) in [5.41, 5.74) is -0.261. The molecule has 4 nitrogen and oxygen atoms in total. The molecule has 0 fully saturated rings. The van der Waals surface area contributed by atoms with Crippen LogP contribution < -0.4 is 5.32 Å². The number of nitrogens with one attached hydrogen (secondary N) is 1. The third-order valence-electron chi connectivity index (χ3n) is 1.34. The SMILES string of the molecule is CCOC[C@H](C)OC(=O)NC(C)(C)C. The molecule has 0 radical (unpaired) electrons.